The number of aliphatic imine (C=N–C) groups is 1. The zero-order valence-electron chi connectivity index (χ0n) is 16.7. The molecule has 2 atom stereocenters. The fourth-order valence-electron chi connectivity index (χ4n) is 4.17. The van der Waals surface area contributed by atoms with Crippen molar-refractivity contribution in [3.05, 3.63) is 32.9 Å². The lowest BCUT2D eigenvalue weighted by Crippen LogP contribution is -2.16. The largest absolute Gasteiger partial charge is 0.271 e. The summed E-state index contributed by atoms with van der Waals surface area (Å²) in [4.78, 5) is 17.4. The van der Waals surface area contributed by atoms with E-state index in [1.807, 2.05) is 44.0 Å². The third-order valence-corrected chi connectivity index (χ3v) is 8.35. The van der Waals surface area contributed by atoms with Gasteiger partial charge in [0, 0.05) is 17.3 Å². The molecule has 28 heavy (non-hydrogen) atoms. The zero-order chi connectivity index (χ0) is 20.4. The second-order valence-electron chi connectivity index (χ2n) is 7.86. The Morgan fingerprint density at radius 3 is 2.54 bits per heavy atom. The van der Waals surface area contributed by atoms with Crippen LogP contribution in [-0.2, 0) is 9.84 Å². The van der Waals surface area contributed by atoms with Gasteiger partial charge in [0.05, 0.1) is 39.1 Å². The van der Waals surface area contributed by atoms with Crippen molar-refractivity contribution >= 4 is 32.5 Å². The minimum absolute atomic E-state index is 0.0883. The number of nitrogens with zero attached hydrogens (tertiary/aromatic N) is 4. The maximum atomic E-state index is 12.8. The van der Waals surface area contributed by atoms with Gasteiger partial charge in [-0.2, -0.15) is 5.10 Å². The number of aromatic nitrogens is 4. The number of hydrogen-bond donors (Lipinski definition) is 1. The number of sulfone groups is 1. The van der Waals surface area contributed by atoms with Crippen molar-refractivity contribution in [1.29, 1.82) is 0 Å². The topological polar surface area (TPSA) is 102 Å². The van der Waals surface area contributed by atoms with Crippen molar-refractivity contribution in [2.24, 2.45) is 4.99 Å². The van der Waals surface area contributed by atoms with Gasteiger partial charge < -0.3 is 0 Å². The number of H-pyrrole nitrogens is 1. The van der Waals surface area contributed by atoms with Gasteiger partial charge in [-0.05, 0) is 41.0 Å². The Labute approximate surface area is 168 Å². The lowest BCUT2D eigenvalue weighted by molar-refractivity contribution is 0.485. The Morgan fingerprint density at radius 1 is 1.21 bits per heavy atom. The second-order valence-corrected chi connectivity index (χ2v) is 11.4. The summed E-state index contributed by atoms with van der Waals surface area (Å²) in [5.74, 6) is 1.01. The van der Waals surface area contributed by atoms with Crippen molar-refractivity contribution < 1.29 is 8.42 Å². The first-order valence-corrected chi connectivity index (χ1v) is 12.1. The summed E-state index contributed by atoms with van der Waals surface area (Å²) in [5.41, 5.74) is 3.25. The Bertz CT molecular complexity index is 1140. The molecule has 4 rings (SSSR count). The number of rotatable bonds is 3. The van der Waals surface area contributed by atoms with Gasteiger partial charge in [-0.1, -0.05) is 11.8 Å². The molecule has 0 aliphatic carbocycles. The molecule has 2 unspecified atom stereocenters. The number of nitrogens with one attached hydrogen (secondary N) is 1. The van der Waals surface area contributed by atoms with Gasteiger partial charge in [0.2, 0.25) is 0 Å². The van der Waals surface area contributed by atoms with Gasteiger partial charge in [-0.3, -0.25) is 19.3 Å². The van der Waals surface area contributed by atoms with Crippen LogP contribution in [0.1, 0.15) is 67.0 Å². The van der Waals surface area contributed by atoms with E-state index in [2.05, 4.69) is 15.2 Å². The van der Waals surface area contributed by atoms with Gasteiger partial charge in [0.1, 0.15) is 0 Å². The summed E-state index contributed by atoms with van der Waals surface area (Å²) < 4.78 is 27.5. The average molecular weight is 424 g/mol. The quantitative estimate of drug-likeness (QED) is 0.818. The van der Waals surface area contributed by atoms with Crippen molar-refractivity contribution in [2.45, 2.75) is 58.4 Å². The highest BCUT2D eigenvalue weighted by Crippen LogP contribution is 2.46. The van der Waals surface area contributed by atoms with Crippen LogP contribution < -0.4 is 5.56 Å². The van der Waals surface area contributed by atoms with Crippen LogP contribution in [0.3, 0.4) is 0 Å². The van der Waals surface area contributed by atoms with E-state index in [-0.39, 0.29) is 34.4 Å². The Balaban J connectivity index is 1.84. The number of fused-ring (bicyclic) bond motifs is 1. The monoisotopic (exact) mass is 423 g/mol. The predicted octanol–water partition coefficient (Wildman–Crippen LogP) is 2.82. The molecule has 0 bridgehead atoms. The molecule has 2 aromatic rings. The second kappa shape index (κ2) is 6.62. The van der Waals surface area contributed by atoms with Gasteiger partial charge in [-0.25, -0.2) is 13.4 Å². The van der Waals surface area contributed by atoms with Crippen molar-refractivity contribution in [1.82, 2.24) is 19.6 Å². The van der Waals surface area contributed by atoms with Crippen LogP contribution in [0.2, 0.25) is 0 Å². The number of aryl methyl sites for hydroxylation is 1. The fraction of sp³-hybridized carbons (Fsp3) is 0.611. The first-order chi connectivity index (χ1) is 13.1. The lowest BCUT2D eigenvalue weighted by Gasteiger charge is -2.22. The zero-order valence-corrected chi connectivity index (χ0v) is 18.3. The third kappa shape index (κ3) is 3.06. The highest BCUT2D eigenvalue weighted by atomic mass is 32.2. The molecule has 1 N–H and O–H groups in total. The third-order valence-electron chi connectivity index (χ3n) is 5.46. The number of aromatic amines is 1. The minimum Gasteiger partial charge on any atom is -0.268 e. The van der Waals surface area contributed by atoms with E-state index in [4.69, 9.17) is 0 Å². The van der Waals surface area contributed by atoms with Crippen LogP contribution in [0, 0.1) is 13.8 Å². The number of thioether (sulfide) groups is 1. The highest BCUT2D eigenvalue weighted by Gasteiger charge is 2.36. The molecular weight excluding hydrogens is 398 g/mol. The minimum atomic E-state index is -3.00. The summed E-state index contributed by atoms with van der Waals surface area (Å²) in [6.07, 6.45) is 0.581. The molecule has 0 radical (unpaired) electrons. The normalized spacial score (nSPS) is 23.9. The summed E-state index contributed by atoms with van der Waals surface area (Å²) in [5, 5.41) is 8.29. The molecule has 2 aliphatic rings. The molecule has 0 spiro atoms. The van der Waals surface area contributed by atoms with Crippen LogP contribution in [0.15, 0.2) is 9.79 Å². The van der Waals surface area contributed by atoms with E-state index in [0.717, 1.165) is 22.0 Å². The van der Waals surface area contributed by atoms with Crippen molar-refractivity contribution in [2.75, 3.05) is 11.5 Å². The Hall–Kier alpha value is -1.81. The summed E-state index contributed by atoms with van der Waals surface area (Å²) in [6.45, 7) is 9.85. The SMILES string of the molecule is CC1=Nc2c(c(=O)[nH]n2C(C)C)C(c2c(C)nn(C3CCS(=O)(=O)C3)c2C)S1. The van der Waals surface area contributed by atoms with Gasteiger partial charge in [0.25, 0.3) is 5.56 Å². The molecule has 1 saturated heterocycles. The Kier molecular flexibility index (Phi) is 4.61. The van der Waals surface area contributed by atoms with E-state index in [9.17, 15) is 13.2 Å². The first kappa shape index (κ1) is 19.5. The summed E-state index contributed by atoms with van der Waals surface area (Å²) >= 11 is 1.55. The first-order valence-electron chi connectivity index (χ1n) is 9.41. The van der Waals surface area contributed by atoms with Crippen molar-refractivity contribution in [3.63, 3.8) is 0 Å². The highest BCUT2D eigenvalue weighted by molar-refractivity contribution is 8.14. The van der Waals surface area contributed by atoms with Gasteiger partial charge >= 0.3 is 0 Å². The molecule has 2 aliphatic heterocycles. The molecular formula is C18H25N5O3S2. The summed E-state index contributed by atoms with van der Waals surface area (Å²) in [6, 6.07) is -0.0517. The maximum Gasteiger partial charge on any atom is 0.271 e. The van der Waals surface area contributed by atoms with E-state index >= 15 is 0 Å². The van der Waals surface area contributed by atoms with Crippen LogP contribution in [0.25, 0.3) is 0 Å². The Morgan fingerprint density at radius 2 is 1.93 bits per heavy atom. The van der Waals surface area contributed by atoms with Gasteiger partial charge in [-0.15, -0.1) is 0 Å². The lowest BCUT2D eigenvalue weighted by atomic mass is 10.0. The molecule has 8 nitrogen and oxygen atoms in total. The summed E-state index contributed by atoms with van der Waals surface area (Å²) in [7, 11) is -3.00. The molecule has 2 aromatic heterocycles. The average Bonchev–Trinajstić information content (AvgIpc) is 3.21. The van der Waals surface area contributed by atoms with Crippen molar-refractivity contribution in [3.8, 4) is 0 Å². The molecule has 0 aromatic carbocycles. The van der Waals surface area contributed by atoms with Crippen LogP contribution in [0.5, 0.6) is 0 Å². The molecule has 4 heterocycles. The smallest absolute Gasteiger partial charge is 0.268 e. The van der Waals surface area contributed by atoms with E-state index in [1.54, 1.807) is 11.8 Å². The fourth-order valence-corrected chi connectivity index (χ4v) is 7.13. The van der Waals surface area contributed by atoms with Gasteiger partial charge in [0.15, 0.2) is 15.7 Å². The van der Waals surface area contributed by atoms with E-state index in [1.165, 1.54) is 0 Å². The molecule has 10 heteroatoms. The van der Waals surface area contributed by atoms with E-state index in [0.29, 0.717) is 17.8 Å². The molecule has 152 valence electrons. The maximum absolute atomic E-state index is 12.8. The number of hydrogen-bond acceptors (Lipinski definition) is 6. The predicted molar refractivity (Wildman–Crippen MR) is 112 cm³/mol. The molecule has 0 amide bonds. The van der Waals surface area contributed by atoms with Crippen LogP contribution in [-0.4, -0.2) is 44.5 Å². The van der Waals surface area contributed by atoms with E-state index < -0.39 is 9.84 Å². The standard InChI is InChI=1S/C18H25N5O3S2/c1-9(2)22-17-15(18(24)21-22)16(27-12(5)19-17)14-10(3)20-23(11(14)4)13-6-7-28(25,26)8-13/h9,13,16H,6-8H2,1-5H3,(H,21,24). The molecule has 0 saturated carbocycles. The van der Waals surface area contributed by atoms with Crippen LogP contribution in [0.4, 0.5) is 5.82 Å². The van der Waals surface area contributed by atoms with Crippen LogP contribution >= 0.6 is 11.8 Å². The molecule has 1 fully saturated rings.